The van der Waals surface area contributed by atoms with E-state index in [0.717, 1.165) is 19.3 Å². The maximum atomic E-state index is 10.5. The third-order valence-corrected chi connectivity index (χ3v) is 2.64. The molecule has 0 atom stereocenters. The van der Waals surface area contributed by atoms with E-state index in [2.05, 4.69) is 16.9 Å². The normalized spacial score (nSPS) is 11.5. The van der Waals surface area contributed by atoms with E-state index in [9.17, 15) is 8.42 Å². The van der Waals surface area contributed by atoms with Crippen LogP contribution in [-0.2, 0) is 16.6 Å². The van der Waals surface area contributed by atoms with Gasteiger partial charge < -0.3 is 0 Å². The van der Waals surface area contributed by atoms with Gasteiger partial charge in [-0.05, 0) is 24.8 Å². The summed E-state index contributed by atoms with van der Waals surface area (Å²) in [7, 11) is -3.52. The molecule has 0 aliphatic heterocycles. The Hall–Kier alpha value is -0.910. The SMILES string of the molecule is NS(=O)(=O)NCCCCc1ccccc1. The quantitative estimate of drug-likeness (QED) is 0.707. The van der Waals surface area contributed by atoms with Crippen LogP contribution < -0.4 is 9.86 Å². The standard InChI is InChI=1S/C10H16N2O2S/c11-15(13,14)12-9-5-4-8-10-6-2-1-3-7-10/h1-3,6-7,12H,4-5,8-9H2,(H2,11,13,14). The zero-order chi connectivity index (χ0) is 11.1. The van der Waals surface area contributed by atoms with Crippen molar-refractivity contribution in [1.29, 1.82) is 0 Å². The van der Waals surface area contributed by atoms with E-state index in [4.69, 9.17) is 5.14 Å². The molecule has 1 aromatic carbocycles. The highest BCUT2D eigenvalue weighted by Gasteiger charge is 1.99. The fraction of sp³-hybridized carbons (Fsp3) is 0.400. The number of benzene rings is 1. The molecule has 4 nitrogen and oxygen atoms in total. The van der Waals surface area contributed by atoms with Crippen molar-refractivity contribution >= 4 is 10.2 Å². The maximum absolute atomic E-state index is 10.5. The molecule has 0 fully saturated rings. The van der Waals surface area contributed by atoms with Crippen LogP contribution in [0, 0.1) is 0 Å². The Balaban J connectivity index is 2.13. The molecule has 0 heterocycles. The molecular formula is C10H16N2O2S. The molecule has 3 N–H and O–H groups in total. The second kappa shape index (κ2) is 5.85. The Bertz CT molecular complexity index is 376. The number of nitrogens with one attached hydrogen (secondary N) is 1. The van der Waals surface area contributed by atoms with Crippen molar-refractivity contribution in [1.82, 2.24) is 4.72 Å². The van der Waals surface area contributed by atoms with Crippen molar-refractivity contribution in [2.24, 2.45) is 5.14 Å². The molecule has 0 radical (unpaired) electrons. The van der Waals surface area contributed by atoms with E-state index in [1.807, 2.05) is 18.2 Å². The molecule has 0 aromatic heterocycles. The van der Waals surface area contributed by atoms with Crippen molar-refractivity contribution in [2.45, 2.75) is 19.3 Å². The van der Waals surface area contributed by atoms with E-state index < -0.39 is 10.2 Å². The van der Waals surface area contributed by atoms with E-state index in [1.54, 1.807) is 0 Å². The summed E-state index contributed by atoms with van der Waals surface area (Å²) in [6, 6.07) is 10.1. The zero-order valence-electron chi connectivity index (χ0n) is 8.52. The molecule has 0 unspecified atom stereocenters. The molecular weight excluding hydrogens is 212 g/mol. The van der Waals surface area contributed by atoms with Crippen molar-refractivity contribution in [3.63, 3.8) is 0 Å². The Morgan fingerprint density at radius 1 is 1.13 bits per heavy atom. The van der Waals surface area contributed by atoms with Gasteiger partial charge in [-0.15, -0.1) is 0 Å². The summed E-state index contributed by atoms with van der Waals surface area (Å²) in [5.74, 6) is 0. The fourth-order valence-electron chi connectivity index (χ4n) is 1.31. The van der Waals surface area contributed by atoms with Gasteiger partial charge in [0, 0.05) is 6.54 Å². The van der Waals surface area contributed by atoms with E-state index in [-0.39, 0.29) is 0 Å². The van der Waals surface area contributed by atoms with Gasteiger partial charge in [0.05, 0.1) is 0 Å². The zero-order valence-corrected chi connectivity index (χ0v) is 9.33. The highest BCUT2D eigenvalue weighted by Crippen LogP contribution is 2.03. The lowest BCUT2D eigenvalue weighted by molar-refractivity contribution is 0.578. The number of nitrogens with two attached hydrogens (primary N) is 1. The lowest BCUT2D eigenvalue weighted by Gasteiger charge is -2.02. The summed E-state index contributed by atoms with van der Waals surface area (Å²) in [6.45, 7) is 0.408. The lowest BCUT2D eigenvalue weighted by atomic mass is 10.1. The Labute approximate surface area is 90.7 Å². The summed E-state index contributed by atoms with van der Waals surface area (Å²) in [5, 5.41) is 4.79. The van der Waals surface area contributed by atoms with Gasteiger partial charge in [-0.3, -0.25) is 0 Å². The molecule has 0 amide bonds. The monoisotopic (exact) mass is 228 g/mol. The fourth-order valence-corrected chi connectivity index (χ4v) is 1.74. The van der Waals surface area contributed by atoms with Crippen LogP contribution in [0.5, 0.6) is 0 Å². The second-order valence-electron chi connectivity index (χ2n) is 3.38. The van der Waals surface area contributed by atoms with Gasteiger partial charge in [0.25, 0.3) is 10.2 Å². The van der Waals surface area contributed by atoms with E-state index in [0.29, 0.717) is 6.54 Å². The van der Waals surface area contributed by atoms with Crippen molar-refractivity contribution in [3.05, 3.63) is 35.9 Å². The van der Waals surface area contributed by atoms with E-state index >= 15 is 0 Å². The molecule has 0 aliphatic carbocycles. The number of rotatable bonds is 6. The molecule has 0 saturated heterocycles. The first-order valence-electron chi connectivity index (χ1n) is 4.89. The first-order chi connectivity index (χ1) is 7.08. The van der Waals surface area contributed by atoms with Gasteiger partial charge in [-0.1, -0.05) is 30.3 Å². The highest BCUT2D eigenvalue weighted by atomic mass is 32.2. The maximum Gasteiger partial charge on any atom is 0.274 e. The van der Waals surface area contributed by atoms with Crippen LogP contribution in [0.3, 0.4) is 0 Å². The molecule has 15 heavy (non-hydrogen) atoms. The lowest BCUT2D eigenvalue weighted by Crippen LogP contribution is -2.31. The predicted molar refractivity (Wildman–Crippen MR) is 60.5 cm³/mol. The van der Waals surface area contributed by atoms with Crippen LogP contribution in [0.25, 0.3) is 0 Å². The minimum absolute atomic E-state index is 0.408. The smallest absolute Gasteiger partial charge is 0.216 e. The molecule has 84 valence electrons. The highest BCUT2D eigenvalue weighted by molar-refractivity contribution is 7.87. The topological polar surface area (TPSA) is 72.2 Å². The molecule has 0 saturated carbocycles. The number of hydrogen-bond acceptors (Lipinski definition) is 2. The first kappa shape index (κ1) is 12.2. The number of aryl methyl sites for hydroxylation is 1. The van der Waals surface area contributed by atoms with E-state index in [1.165, 1.54) is 5.56 Å². The van der Waals surface area contributed by atoms with Crippen molar-refractivity contribution < 1.29 is 8.42 Å². The first-order valence-corrected chi connectivity index (χ1v) is 6.44. The van der Waals surface area contributed by atoms with Crippen LogP contribution in [0.4, 0.5) is 0 Å². The van der Waals surface area contributed by atoms with Crippen LogP contribution in [-0.4, -0.2) is 15.0 Å². The van der Waals surface area contributed by atoms with Gasteiger partial charge in [-0.25, -0.2) is 9.86 Å². The average molecular weight is 228 g/mol. The third-order valence-electron chi connectivity index (χ3n) is 2.04. The van der Waals surface area contributed by atoms with Crippen LogP contribution in [0.2, 0.25) is 0 Å². The van der Waals surface area contributed by atoms with Gasteiger partial charge in [0.1, 0.15) is 0 Å². The summed E-state index contributed by atoms with van der Waals surface area (Å²) in [4.78, 5) is 0. The third kappa shape index (κ3) is 6.22. The van der Waals surface area contributed by atoms with Gasteiger partial charge in [0.2, 0.25) is 0 Å². The molecule has 1 aromatic rings. The second-order valence-corrected chi connectivity index (χ2v) is 4.76. The van der Waals surface area contributed by atoms with Crippen molar-refractivity contribution in [2.75, 3.05) is 6.54 Å². The summed E-state index contributed by atoms with van der Waals surface area (Å²) >= 11 is 0. The Morgan fingerprint density at radius 2 is 1.80 bits per heavy atom. The average Bonchev–Trinajstić information content (AvgIpc) is 2.17. The van der Waals surface area contributed by atoms with Gasteiger partial charge in [-0.2, -0.15) is 8.42 Å². The van der Waals surface area contributed by atoms with Gasteiger partial charge in [0.15, 0.2) is 0 Å². The largest absolute Gasteiger partial charge is 0.274 e. The summed E-state index contributed by atoms with van der Waals surface area (Å²) in [5.41, 5.74) is 1.27. The van der Waals surface area contributed by atoms with Crippen LogP contribution in [0.15, 0.2) is 30.3 Å². The van der Waals surface area contributed by atoms with Crippen LogP contribution in [0.1, 0.15) is 18.4 Å². The number of unbranched alkanes of at least 4 members (excludes halogenated alkanes) is 1. The molecule has 5 heteroatoms. The minimum Gasteiger partial charge on any atom is -0.216 e. The van der Waals surface area contributed by atoms with Gasteiger partial charge >= 0.3 is 0 Å². The minimum atomic E-state index is -3.52. The summed E-state index contributed by atoms with van der Waals surface area (Å²) in [6.07, 6.45) is 2.71. The Morgan fingerprint density at radius 3 is 2.40 bits per heavy atom. The summed E-state index contributed by atoms with van der Waals surface area (Å²) < 4.78 is 23.3. The number of hydrogen-bond donors (Lipinski definition) is 2. The molecule has 0 spiro atoms. The molecule has 0 bridgehead atoms. The Kier molecular flexibility index (Phi) is 4.74. The van der Waals surface area contributed by atoms with Crippen molar-refractivity contribution in [3.8, 4) is 0 Å². The molecule has 1 rings (SSSR count). The predicted octanol–water partition coefficient (Wildman–Crippen LogP) is 0.802. The molecule has 0 aliphatic rings. The van der Waals surface area contributed by atoms with Crippen LogP contribution >= 0.6 is 0 Å².